The third kappa shape index (κ3) is 1.46. The minimum absolute atomic E-state index is 0.219. The Morgan fingerprint density at radius 3 is 3.12 bits per heavy atom. The summed E-state index contributed by atoms with van der Waals surface area (Å²) >= 11 is 0. The minimum Gasteiger partial charge on any atom is -0.373 e. The summed E-state index contributed by atoms with van der Waals surface area (Å²) in [6, 6.07) is 0. The maximum Gasteiger partial charge on any atom is 0.138 e. The molecular formula is C11H18N4O. The van der Waals surface area contributed by atoms with Gasteiger partial charge in [0.25, 0.3) is 0 Å². The maximum absolute atomic E-state index is 6.45. The first kappa shape index (κ1) is 10.2. The summed E-state index contributed by atoms with van der Waals surface area (Å²) in [5.41, 5.74) is 6.23. The molecule has 3 rings (SSSR count). The Morgan fingerprint density at radius 1 is 1.62 bits per heavy atom. The summed E-state index contributed by atoms with van der Waals surface area (Å²) in [4.78, 5) is 4.30. The fourth-order valence-corrected chi connectivity index (χ4v) is 3.00. The van der Waals surface area contributed by atoms with Crippen LogP contribution in [0, 0.1) is 0 Å². The molecule has 2 fully saturated rings. The normalized spacial score (nSPS) is 37.1. The zero-order valence-electron chi connectivity index (χ0n) is 9.59. The van der Waals surface area contributed by atoms with Crippen LogP contribution in [0.5, 0.6) is 0 Å². The topological polar surface area (TPSA) is 66.0 Å². The third-order valence-corrected chi connectivity index (χ3v) is 3.84. The molecule has 3 unspecified atom stereocenters. The van der Waals surface area contributed by atoms with Crippen molar-refractivity contribution in [2.24, 2.45) is 5.73 Å². The molecule has 0 saturated carbocycles. The smallest absolute Gasteiger partial charge is 0.138 e. The SMILES string of the molecule is CCn1ncnc1CC1(N)CC2CCC1O2. The van der Waals surface area contributed by atoms with Crippen LogP contribution in [0.15, 0.2) is 6.33 Å². The molecule has 0 aromatic carbocycles. The predicted molar refractivity (Wildman–Crippen MR) is 58.8 cm³/mol. The van der Waals surface area contributed by atoms with E-state index < -0.39 is 0 Å². The van der Waals surface area contributed by atoms with Crippen molar-refractivity contribution in [3.05, 3.63) is 12.2 Å². The molecule has 0 amide bonds. The highest BCUT2D eigenvalue weighted by atomic mass is 16.5. The van der Waals surface area contributed by atoms with Crippen LogP contribution in [0.4, 0.5) is 0 Å². The Hall–Kier alpha value is -0.940. The van der Waals surface area contributed by atoms with Crippen LogP contribution in [0.2, 0.25) is 0 Å². The van der Waals surface area contributed by atoms with E-state index in [1.807, 2.05) is 4.68 Å². The zero-order valence-corrected chi connectivity index (χ0v) is 9.59. The standard InChI is InChI=1S/C11H18N4O/c1-2-15-10(13-7-14-15)6-11(12)5-8-3-4-9(11)16-8/h7-9H,2-6,12H2,1H3. The fourth-order valence-electron chi connectivity index (χ4n) is 3.00. The van der Waals surface area contributed by atoms with Gasteiger partial charge in [-0.3, -0.25) is 4.68 Å². The molecule has 5 heteroatoms. The van der Waals surface area contributed by atoms with Crippen LogP contribution in [0.3, 0.4) is 0 Å². The molecule has 1 aromatic rings. The fraction of sp³-hybridized carbons (Fsp3) is 0.818. The van der Waals surface area contributed by atoms with Gasteiger partial charge in [0, 0.05) is 13.0 Å². The van der Waals surface area contributed by atoms with E-state index in [2.05, 4.69) is 17.0 Å². The molecule has 2 N–H and O–H groups in total. The first-order chi connectivity index (χ1) is 7.71. The highest BCUT2D eigenvalue weighted by molar-refractivity contribution is 5.09. The Bertz CT molecular complexity index is 391. The lowest BCUT2D eigenvalue weighted by Crippen LogP contribution is -2.51. The van der Waals surface area contributed by atoms with Gasteiger partial charge < -0.3 is 10.5 Å². The molecule has 2 bridgehead atoms. The Labute approximate surface area is 95.0 Å². The van der Waals surface area contributed by atoms with Crippen LogP contribution in [-0.4, -0.2) is 32.5 Å². The summed E-state index contributed by atoms with van der Waals surface area (Å²) in [6.45, 7) is 2.92. The Morgan fingerprint density at radius 2 is 2.50 bits per heavy atom. The van der Waals surface area contributed by atoms with Crippen molar-refractivity contribution in [2.75, 3.05) is 0 Å². The highest BCUT2D eigenvalue weighted by Gasteiger charge is 2.50. The molecule has 0 aliphatic carbocycles. The summed E-state index contributed by atoms with van der Waals surface area (Å²) in [5.74, 6) is 0.987. The van der Waals surface area contributed by atoms with E-state index in [0.29, 0.717) is 6.10 Å². The van der Waals surface area contributed by atoms with Crippen molar-refractivity contribution >= 4 is 0 Å². The Kier molecular flexibility index (Phi) is 2.26. The number of aromatic nitrogens is 3. The van der Waals surface area contributed by atoms with Gasteiger partial charge in [-0.15, -0.1) is 0 Å². The third-order valence-electron chi connectivity index (χ3n) is 3.84. The van der Waals surface area contributed by atoms with Gasteiger partial charge in [-0.2, -0.15) is 5.10 Å². The summed E-state index contributed by atoms with van der Waals surface area (Å²) < 4.78 is 7.74. The van der Waals surface area contributed by atoms with Gasteiger partial charge in [0.15, 0.2) is 0 Å². The van der Waals surface area contributed by atoms with Gasteiger partial charge in [0.1, 0.15) is 12.2 Å². The van der Waals surface area contributed by atoms with Crippen LogP contribution in [0.1, 0.15) is 32.0 Å². The van der Waals surface area contributed by atoms with Crippen LogP contribution in [-0.2, 0) is 17.7 Å². The summed E-state index contributed by atoms with van der Waals surface area (Å²) in [5, 5.41) is 4.18. The number of nitrogens with zero attached hydrogens (tertiary/aromatic N) is 3. The zero-order chi connectivity index (χ0) is 11.2. The van der Waals surface area contributed by atoms with E-state index in [4.69, 9.17) is 10.5 Å². The second-order valence-corrected chi connectivity index (χ2v) is 4.93. The molecule has 88 valence electrons. The van der Waals surface area contributed by atoms with Crippen molar-refractivity contribution in [1.82, 2.24) is 14.8 Å². The van der Waals surface area contributed by atoms with Gasteiger partial charge in [0.2, 0.25) is 0 Å². The van der Waals surface area contributed by atoms with E-state index in [1.54, 1.807) is 6.33 Å². The van der Waals surface area contributed by atoms with Crippen LogP contribution < -0.4 is 5.73 Å². The first-order valence-corrected chi connectivity index (χ1v) is 6.02. The van der Waals surface area contributed by atoms with Crippen LogP contribution in [0.25, 0.3) is 0 Å². The summed E-state index contributed by atoms with van der Waals surface area (Å²) in [6.07, 6.45) is 6.23. The number of fused-ring (bicyclic) bond motifs is 2. The van der Waals surface area contributed by atoms with E-state index in [1.165, 1.54) is 6.42 Å². The molecule has 1 aromatic heterocycles. The Balaban J connectivity index is 1.79. The van der Waals surface area contributed by atoms with Gasteiger partial charge in [-0.05, 0) is 26.2 Å². The van der Waals surface area contributed by atoms with E-state index in [9.17, 15) is 0 Å². The van der Waals surface area contributed by atoms with Crippen molar-refractivity contribution in [3.8, 4) is 0 Å². The molecule has 16 heavy (non-hydrogen) atoms. The van der Waals surface area contributed by atoms with Crippen molar-refractivity contribution in [2.45, 2.75) is 56.9 Å². The molecule has 2 saturated heterocycles. The average molecular weight is 222 g/mol. The van der Waals surface area contributed by atoms with E-state index >= 15 is 0 Å². The van der Waals surface area contributed by atoms with Crippen molar-refractivity contribution in [3.63, 3.8) is 0 Å². The molecule has 5 nitrogen and oxygen atoms in total. The molecule has 0 radical (unpaired) electrons. The van der Waals surface area contributed by atoms with Gasteiger partial charge in [-0.1, -0.05) is 0 Å². The lowest BCUT2D eigenvalue weighted by Gasteiger charge is -2.30. The second-order valence-electron chi connectivity index (χ2n) is 4.93. The minimum atomic E-state index is -0.219. The quantitative estimate of drug-likeness (QED) is 0.808. The number of hydrogen-bond acceptors (Lipinski definition) is 4. The van der Waals surface area contributed by atoms with E-state index in [0.717, 1.165) is 31.6 Å². The molecule has 0 spiro atoms. The molecular weight excluding hydrogens is 204 g/mol. The van der Waals surface area contributed by atoms with Gasteiger partial charge >= 0.3 is 0 Å². The van der Waals surface area contributed by atoms with Gasteiger partial charge in [0.05, 0.1) is 17.7 Å². The number of ether oxygens (including phenoxy) is 1. The molecule has 2 aliphatic heterocycles. The predicted octanol–water partition coefficient (Wildman–Crippen LogP) is 0.489. The molecule has 2 aliphatic rings. The first-order valence-electron chi connectivity index (χ1n) is 6.02. The second kappa shape index (κ2) is 3.53. The number of hydrogen-bond donors (Lipinski definition) is 1. The van der Waals surface area contributed by atoms with E-state index in [-0.39, 0.29) is 11.6 Å². The number of aryl methyl sites for hydroxylation is 1. The average Bonchev–Trinajstić information content (AvgIpc) is 2.92. The monoisotopic (exact) mass is 222 g/mol. The van der Waals surface area contributed by atoms with Crippen molar-refractivity contribution in [1.29, 1.82) is 0 Å². The maximum atomic E-state index is 6.45. The number of nitrogens with two attached hydrogens (primary N) is 1. The van der Waals surface area contributed by atoms with Gasteiger partial charge in [-0.25, -0.2) is 4.98 Å². The molecule has 3 heterocycles. The lowest BCUT2D eigenvalue weighted by atomic mass is 9.80. The largest absolute Gasteiger partial charge is 0.373 e. The highest BCUT2D eigenvalue weighted by Crippen LogP contribution is 2.41. The summed E-state index contributed by atoms with van der Waals surface area (Å²) in [7, 11) is 0. The molecule has 3 atom stereocenters. The lowest BCUT2D eigenvalue weighted by molar-refractivity contribution is 0.0850. The van der Waals surface area contributed by atoms with Crippen LogP contribution >= 0.6 is 0 Å². The number of rotatable bonds is 3. The van der Waals surface area contributed by atoms with Crippen molar-refractivity contribution < 1.29 is 4.74 Å².